The number of hydrogen-bond acceptors (Lipinski definition) is 5. The first-order chi connectivity index (χ1) is 6.75. The summed E-state index contributed by atoms with van der Waals surface area (Å²) in [4.78, 5) is 0. The van der Waals surface area contributed by atoms with Gasteiger partial charge in [0, 0.05) is 0 Å². The van der Waals surface area contributed by atoms with Crippen molar-refractivity contribution in [3.63, 3.8) is 0 Å². The van der Waals surface area contributed by atoms with E-state index in [9.17, 15) is 0 Å². The fourth-order valence-corrected chi connectivity index (χ4v) is 1.53. The van der Waals surface area contributed by atoms with E-state index in [1.165, 1.54) is 0 Å². The molecule has 1 heterocycles. The van der Waals surface area contributed by atoms with Crippen LogP contribution in [0.1, 0.15) is 11.7 Å². The van der Waals surface area contributed by atoms with E-state index in [4.69, 9.17) is 11.5 Å². The minimum atomic E-state index is -0.281. The van der Waals surface area contributed by atoms with Crippen LogP contribution >= 0.6 is 0 Å². The third kappa shape index (κ3) is 2.09. The van der Waals surface area contributed by atoms with Crippen LogP contribution in [0.2, 0.25) is 0 Å². The average molecular weight is 193 g/mol. The van der Waals surface area contributed by atoms with Crippen LogP contribution in [-0.4, -0.2) is 12.6 Å². The Labute approximate surface area is 82.8 Å². The molecule has 7 N–H and O–H groups in total. The minimum Gasteiger partial charge on any atom is -0.303 e. The first-order valence-corrected chi connectivity index (χ1v) is 4.60. The van der Waals surface area contributed by atoms with Gasteiger partial charge < -0.3 is 11.5 Å². The molecule has 1 aliphatic heterocycles. The molecule has 0 spiro atoms. The van der Waals surface area contributed by atoms with Crippen molar-refractivity contribution in [1.29, 1.82) is 0 Å². The number of benzene rings is 1. The van der Waals surface area contributed by atoms with Crippen LogP contribution in [0.3, 0.4) is 0 Å². The lowest BCUT2D eigenvalue weighted by Crippen LogP contribution is -2.69. The molecule has 0 saturated carbocycles. The molecule has 0 aliphatic carbocycles. The summed E-state index contributed by atoms with van der Waals surface area (Å²) in [5, 5.41) is 9.19. The van der Waals surface area contributed by atoms with E-state index in [1.807, 2.05) is 30.3 Å². The molecule has 2 unspecified atom stereocenters. The topological polar surface area (TPSA) is 88.1 Å². The standard InChI is InChI=1S/C9H15N5/c10-8-12-7(13-9(11)14-8)6-4-2-1-3-5-6/h1-5,7-9,12-14H,10-11H2. The van der Waals surface area contributed by atoms with Crippen LogP contribution in [0.5, 0.6) is 0 Å². The van der Waals surface area contributed by atoms with Gasteiger partial charge in [-0.3, -0.25) is 16.0 Å². The van der Waals surface area contributed by atoms with Gasteiger partial charge in [0.1, 0.15) is 12.6 Å². The molecule has 5 heteroatoms. The normalized spacial score (nSPS) is 32.9. The highest BCUT2D eigenvalue weighted by atomic mass is 15.4. The highest BCUT2D eigenvalue weighted by Gasteiger charge is 2.22. The molecule has 0 aromatic heterocycles. The SMILES string of the molecule is NC1NC(N)NC(c2ccccc2)N1. The molecule has 1 saturated heterocycles. The summed E-state index contributed by atoms with van der Waals surface area (Å²) >= 11 is 0. The predicted octanol–water partition coefficient (Wildman–Crippen LogP) is -1.05. The molecular weight excluding hydrogens is 178 g/mol. The molecule has 2 atom stereocenters. The Bertz CT molecular complexity index is 279. The van der Waals surface area contributed by atoms with Gasteiger partial charge in [-0.05, 0) is 5.56 Å². The molecule has 14 heavy (non-hydrogen) atoms. The van der Waals surface area contributed by atoms with Crippen LogP contribution in [0.25, 0.3) is 0 Å². The number of hydrogen-bond donors (Lipinski definition) is 5. The van der Waals surface area contributed by atoms with Crippen molar-refractivity contribution in [3.05, 3.63) is 35.9 Å². The van der Waals surface area contributed by atoms with Gasteiger partial charge in [-0.15, -0.1) is 0 Å². The molecule has 1 aliphatic rings. The first kappa shape index (κ1) is 9.57. The van der Waals surface area contributed by atoms with Crippen molar-refractivity contribution in [2.45, 2.75) is 18.7 Å². The van der Waals surface area contributed by atoms with Gasteiger partial charge in [0.15, 0.2) is 0 Å². The van der Waals surface area contributed by atoms with E-state index < -0.39 is 0 Å². The summed E-state index contributed by atoms with van der Waals surface area (Å²) in [6, 6.07) is 9.99. The smallest absolute Gasteiger partial charge is 0.113 e. The maximum Gasteiger partial charge on any atom is 0.113 e. The second kappa shape index (κ2) is 4.04. The molecule has 0 radical (unpaired) electrons. The lowest BCUT2D eigenvalue weighted by molar-refractivity contribution is 0.208. The summed E-state index contributed by atoms with van der Waals surface area (Å²) < 4.78 is 0. The Kier molecular flexibility index (Phi) is 2.76. The van der Waals surface area contributed by atoms with E-state index in [0.717, 1.165) is 5.56 Å². The Morgan fingerprint density at radius 3 is 2.00 bits per heavy atom. The quantitative estimate of drug-likeness (QED) is 0.393. The number of nitrogens with one attached hydrogen (secondary N) is 3. The zero-order valence-electron chi connectivity index (χ0n) is 7.77. The monoisotopic (exact) mass is 193 g/mol. The summed E-state index contributed by atoms with van der Waals surface area (Å²) in [6.07, 6.45) is -0.560. The predicted molar refractivity (Wildman–Crippen MR) is 54.5 cm³/mol. The maximum atomic E-state index is 5.71. The van der Waals surface area contributed by atoms with Gasteiger partial charge >= 0.3 is 0 Å². The van der Waals surface area contributed by atoms with Gasteiger partial charge in [-0.2, -0.15) is 0 Å². The van der Waals surface area contributed by atoms with E-state index >= 15 is 0 Å². The first-order valence-electron chi connectivity index (χ1n) is 4.60. The highest BCUT2D eigenvalue weighted by molar-refractivity contribution is 5.18. The van der Waals surface area contributed by atoms with Crippen molar-refractivity contribution in [1.82, 2.24) is 16.0 Å². The van der Waals surface area contributed by atoms with E-state index in [-0.39, 0.29) is 18.7 Å². The second-order valence-electron chi connectivity index (χ2n) is 3.30. The van der Waals surface area contributed by atoms with Crippen LogP contribution in [-0.2, 0) is 0 Å². The Morgan fingerprint density at radius 2 is 1.43 bits per heavy atom. The van der Waals surface area contributed by atoms with Crippen molar-refractivity contribution < 1.29 is 0 Å². The van der Waals surface area contributed by atoms with Gasteiger partial charge in [0.2, 0.25) is 0 Å². The molecule has 1 aromatic carbocycles. The van der Waals surface area contributed by atoms with E-state index in [2.05, 4.69) is 16.0 Å². The molecule has 2 rings (SSSR count). The summed E-state index contributed by atoms with van der Waals surface area (Å²) in [5.74, 6) is 0. The molecule has 76 valence electrons. The molecule has 1 aromatic rings. The third-order valence-corrected chi connectivity index (χ3v) is 2.18. The molecule has 5 nitrogen and oxygen atoms in total. The molecule has 0 bridgehead atoms. The lowest BCUT2D eigenvalue weighted by atomic mass is 10.1. The zero-order valence-corrected chi connectivity index (χ0v) is 7.77. The molecular formula is C9H15N5. The number of rotatable bonds is 1. The Hall–Kier alpha value is -0.980. The minimum absolute atomic E-state index is 0.00227. The van der Waals surface area contributed by atoms with Gasteiger partial charge in [-0.25, -0.2) is 0 Å². The van der Waals surface area contributed by atoms with Gasteiger partial charge in [0.05, 0.1) is 6.17 Å². The second-order valence-corrected chi connectivity index (χ2v) is 3.30. The lowest BCUT2D eigenvalue weighted by Gasteiger charge is -2.35. The number of nitrogens with two attached hydrogens (primary N) is 2. The summed E-state index contributed by atoms with van der Waals surface area (Å²) in [5.41, 5.74) is 12.5. The molecule has 1 fully saturated rings. The van der Waals surface area contributed by atoms with Crippen LogP contribution in [0.15, 0.2) is 30.3 Å². The average Bonchev–Trinajstić information content (AvgIpc) is 2.18. The third-order valence-electron chi connectivity index (χ3n) is 2.18. The fraction of sp³-hybridized carbons (Fsp3) is 0.333. The maximum absolute atomic E-state index is 5.71. The fourth-order valence-electron chi connectivity index (χ4n) is 1.53. The van der Waals surface area contributed by atoms with Crippen LogP contribution in [0.4, 0.5) is 0 Å². The largest absolute Gasteiger partial charge is 0.303 e. The zero-order chi connectivity index (χ0) is 9.97. The Morgan fingerprint density at radius 1 is 0.857 bits per heavy atom. The Balaban J connectivity index is 2.11. The van der Waals surface area contributed by atoms with Crippen molar-refractivity contribution in [2.24, 2.45) is 11.5 Å². The van der Waals surface area contributed by atoms with E-state index in [0.29, 0.717) is 0 Å². The van der Waals surface area contributed by atoms with Crippen molar-refractivity contribution >= 4 is 0 Å². The summed E-state index contributed by atoms with van der Waals surface area (Å²) in [6.45, 7) is 0. The van der Waals surface area contributed by atoms with E-state index in [1.54, 1.807) is 0 Å². The van der Waals surface area contributed by atoms with Crippen LogP contribution in [0, 0.1) is 0 Å². The highest BCUT2D eigenvalue weighted by Crippen LogP contribution is 2.10. The van der Waals surface area contributed by atoms with Gasteiger partial charge in [-0.1, -0.05) is 30.3 Å². The molecule has 0 amide bonds. The van der Waals surface area contributed by atoms with Crippen molar-refractivity contribution in [2.75, 3.05) is 0 Å². The van der Waals surface area contributed by atoms with Gasteiger partial charge in [0.25, 0.3) is 0 Å². The summed E-state index contributed by atoms with van der Waals surface area (Å²) in [7, 11) is 0. The van der Waals surface area contributed by atoms with Crippen LogP contribution < -0.4 is 27.4 Å². The van der Waals surface area contributed by atoms with Crippen molar-refractivity contribution in [3.8, 4) is 0 Å².